The van der Waals surface area contributed by atoms with Crippen molar-refractivity contribution in [1.29, 1.82) is 0 Å². The van der Waals surface area contributed by atoms with Crippen LogP contribution < -0.4 is 5.73 Å². The number of aliphatic hydroxyl groups is 1. The Morgan fingerprint density at radius 3 is 0.550 bits per heavy atom. The third kappa shape index (κ3) is 17.6. The van der Waals surface area contributed by atoms with Gasteiger partial charge in [-0.1, -0.05) is 0 Å². The van der Waals surface area contributed by atoms with E-state index in [1.54, 1.807) is 0 Å². The van der Waals surface area contributed by atoms with E-state index in [9.17, 15) is 27.4 Å². The van der Waals surface area contributed by atoms with Gasteiger partial charge in [0.1, 0.15) is 36.6 Å². The molecule has 0 unspecified atom stereocenters. The molecular weight excluding hydrogens is 696 g/mol. The summed E-state index contributed by atoms with van der Waals surface area (Å²) in [4.78, 5) is 110. The first-order chi connectivity index (χ1) is 17.5. The van der Waals surface area contributed by atoms with Gasteiger partial charge < -0.3 is 69.6 Å². The van der Waals surface area contributed by atoms with Crippen LogP contribution in [-0.2, 0) is 54.5 Å². The lowest BCUT2D eigenvalue weighted by Crippen LogP contribution is -2.66. The van der Waals surface area contributed by atoms with Crippen molar-refractivity contribution >= 4 is 46.9 Å². The molecule has 1 fully saturated rings. The number of nitrogens with two attached hydrogens (primary N) is 1. The van der Waals surface area contributed by atoms with Gasteiger partial charge in [-0.2, -0.15) is 0 Å². The molecule has 0 spiro atoms. The third-order valence-corrected chi connectivity index (χ3v) is 6.73. The van der Waals surface area contributed by atoms with Crippen molar-refractivity contribution in [2.24, 2.45) is 5.73 Å². The number of rotatable bonds is 13. The van der Waals surface area contributed by atoms with Crippen LogP contribution in [0.2, 0.25) is 0 Å². The molecule has 0 bridgehead atoms. The average molecular weight is 721 g/mol. The molecule has 0 aromatic rings. The smallest absolute Gasteiger partial charge is 0.395 e. The third-order valence-electron chi connectivity index (χ3n) is 3.63. The van der Waals surface area contributed by atoms with E-state index < -0.39 is 83.6 Å². The van der Waals surface area contributed by atoms with Gasteiger partial charge in [-0.05, 0) is 0 Å². The van der Waals surface area contributed by atoms with Gasteiger partial charge in [-0.3, -0.25) is 27.1 Å². The molecule has 32 heteroatoms. The zero-order valence-electron chi connectivity index (χ0n) is 18.9. The van der Waals surface area contributed by atoms with Crippen LogP contribution in [0.1, 0.15) is 0 Å². The van der Waals surface area contributed by atoms with E-state index in [-0.39, 0.29) is 6.61 Å². The van der Waals surface area contributed by atoms with Crippen molar-refractivity contribution in [3.8, 4) is 0 Å². The summed E-state index contributed by atoms with van der Waals surface area (Å²) in [6, 6.07) is 0. The van der Waals surface area contributed by atoms with Crippen LogP contribution in [0, 0.1) is 0 Å². The van der Waals surface area contributed by atoms with Crippen LogP contribution in [0.25, 0.3) is 0 Å². The molecule has 1 aliphatic carbocycles. The van der Waals surface area contributed by atoms with Crippen molar-refractivity contribution < 1.29 is 118 Å². The second kappa shape index (κ2) is 15.0. The maximum atomic E-state index is 11.4. The van der Waals surface area contributed by atoms with Crippen molar-refractivity contribution in [2.45, 2.75) is 36.6 Å². The molecule has 40 heavy (non-hydrogen) atoms. The maximum Gasteiger partial charge on any atom is 0.470 e. The fourth-order valence-corrected chi connectivity index (χ4v) is 6.14. The van der Waals surface area contributed by atoms with Crippen molar-refractivity contribution in [1.82, 2.24) is 0 Å². The highest BCUT2D eigenvalue weighted by molar-refractivity contribution is 7.47. The predicted octanol–water partition coefficient (Wildman–Crippen LogP) is -4.20. The van der Waals surface area contributed by atoms with Crippen LogP contribution in [0.4, 0.5) is 0 Å². The lowest BCUT2D eigenvalue weighted by atomic mass is 9.85. The molecule has 0 heterocycles. The highest BCUT2D eigenvalue weighted by Crippen LogP contribution is 2.57. The van der Waals surface area contributed by atoms with E-state index in [2.05, 4.69) is 27.1 Å². The lowest BCUT2D eigenvalue weighted by Gasteiger charge is -2.48. The van der Waals surface area contributed by atoms with Crippen LogP contribution in [-0.4, -0.2) is 114 Å². The summed E-state index contributed by atoms with van der Waals surface area (Å²) >= 11 is 0. The van der Waals surface area contributed by atoms with Crippen LogP contribution >= 0.6 is 46.9 Å². The molecule has 0 amide bonds. The molecule has 0 aromatic heterocycles. The summed E-state index contributed by atoms with van der Waals surface area (Å²) in [5.74, 6) is 0. The van der Waals surface area contributed by atoms with Gasteiger partial charge in [0.25, 0.3) is 0 Å². The maximum absolute atomic E-state index is 11.4. The first-order valence-corrected chi connectivity index (χ1v) is 18.4. The number of aliphatic hydroxyl groups excluding tert-OH is 1. The van der Waals surface area contributed by atoms with Crippen LogP contribution in [0.5, 0.6) is 0 Å². The highest BCUT2D eigenvalue weighted by atomic mass is 31.2. The summed E-state index contributed by atoms with van der Waals surface area (Å²) in [7, 11) is -36.1. The Balaban J connectivity index is 0.00000354. The minimum atomic E-state index is -6.02. The predicted molar refractivity (Wildman–Crippen MR) is 118 cm³/mol. The number of phosphoric ester groups is 6. The average Bonchev–Trinajstić information content (AvgIpc) is 2.65. The van der Waals surface area contributed by atoms with Gasteiger partial charge in [0, 0.05) is 6.54 Å². The first kappa shape index (κ1) is 40.6. The lowest BCUT2D eigenvalue weighted by molar-refractivity contribution is -0.202. The molecule has 15 N–H and O–H groups in total. The summed E-state index contributed by atoms with van der Waals surface area (Å²) in [5.41, 5.74) is 4.78. The SMILES string of the molecule is NCCO.O=P(O)(O)OC1C(OP(=O)(O)O)C(OP(=O)(O)O)C(OP(=O)(O)O)C(OP(=O)(O)O)C1OP(=O)(O)O. The summed E-state index contributed by atoms with van der Waals surface area (Å²) in [6.07, 6.45) is -18.9. The zero-order valence-corrected chi connectivity index (χ0v) is 24.2. The first-order valence-electron chi connectivity index (χ1n) is 9.23. The molecule has 1 aliphatic rings. The van der Waals surface area contributed by atoms with Crippen molar-refractivity contribution in [2.75, 3.05) is 13.2 Å². The molecule has 0 atom stereocenters. The van der Waals surface area contributed by atoms with Crippen molar-refractivity contribution in [3.63, 3.8) is 0 Å². The molecule has 0 aromatic carbocycles. The Bertz CT molecular complexity index is 859. The normalized spacial score (nSPS) is 27.1. The van der Waals surface area contributed by atoms with E-state index in [1.807, 2.05) is 0 Å². The minimum Gasteiger partial charge on any atom is -0.395 e. The van der Waals surface area contributed by atoms with Crippen LogP contribution in [0.15, 0.2) is 0 Å². The quantitative estimate of drug-likeness (QED) is 0.0802. The Labute approximate surface area is 221 Å². The summed E-state index contributed by atoms with van der Waals surface area (Å²) in [5, 5.41) is 7.75. The van der Waals surface area contributed by atoms with Gasteiger partial charge in [-0.25, -0.2) is 27.4 Å². The molecule has 0 aliphatic heterocycles. The second-order valence-electron chi connectivity index (χ2n) is 6.88. The van der Waals surface area contributed by atoms with Gasteiger partial charge in [0.2, 0.25) is 0 Å². The largest absolute Gasteiger partial charge is 0.470 e. The van der Waals surface area contributed by atoms with E-state index >= 15 is 0 Å². The molecule has 1 rings (SSSR count). The van der Waals surface area contributed by atoms with Crippen molar-refractivity contribution in [3.05, 3.63) is 0 Å². The van der Waals surface area contributed by atoms with Gasteiger partial charge >= 0.3 is 46.9 Å². The summed E-state index contributed by atoms with van der Waals surface area (Å²) in [6.45, 7) is 0.472. The minimum absolute atomic E-state index is 0.0972. The monoisotopic (exact) mass is 721 g/mol. The van der Waals surface area contributed by atoms with E-state index in [4.69, 9.17) is 69.6 Å². The Morgan fingerprint density at radius 2 is 0.500 bits per heavy atom. The van der Waals surface area contributed by atoms with Gasteiger partial charge in [0.15, 0.2) is 0 Å². The molecule has 1 saturated carbocycles. The number of phosphoric acid groups is 6. The highest BCUT2D eigenvalue weighted by Gasteiger charge is 2.62. The molecule has 0 radical (unpaired) electrons. The Hall–Kier alpha value is 0.580. The standard InChI is InChI=1S/C6H18O24P6.C2H7NO/c7-31(8,9)25-1-2(26-32(10,11)12)4(28-34(16,17)18)6(30-36(22,23)24)5(29-35(19,20)21)3(1)27-33(13,14)15;3-1-2-4/h1-6H,(H2,7,8,9)(H2,10,11,12)(H2,13,14,15)(H2,16,17,18)(H2,19,20,21)(H2,22,23,24);4H,1-3H2. The topological polar surface area (TPSA) is 447 Å². The number of hydrogen-bond donors (Lipinski definition) is 14. The fraction of sp³-hybridized carbons (Fsp3) is 1.00. The van der Waals surface area contributed by atoms with Gasteiger partial charge in [-0.15, -0.1) is 0 Å². The van der Waals surface area contributed by atoms with Gasteiger partial charge in [0.05, 0.1) is 6.61 Å². The number of hydrogen-bond acceptors (Lipinski definition) is 14. The van der Waals surface area contributed by atoms with E-state index in [1.165, 1.54) is 0 Å². The summed E-state index contributed by atoms with van der Waals surface area (Å²) < 4.78 is 93.1. The molecule has 0 saturated heterocycles. The molecular formula is C8H25NO25P6. The molecule has 26 nitrogen and oxygen atoms in total. The van der Waals surface area contributed by atoms with Crippen LogP contribution in [0.3, 0.4) is 0 Å². The fourth-order valence-electron chi connectivity index (χ4n) is 2.79. The molecule has 242 valence electrons. The Morgan fingerprint density at radius 1 is 0.400 bits per heavy atom. The van der Waals surface area contributed by atoms with E-state index in [0.29, 0.717) is 6.54 Å². The Kier molecular flexibility index (Phi) is 15.3. The zero-order chi connectivity index (χ0) is 32.1. The van der Waals surface area contributed by atoms with E-state index in [0.717, 1.165) is 0 Å². The second-order valence-corrected chi connectivity index (χ2v) is 14.0.